The van der Waals surface area contributed by atoms with Crippen molar-refractivity contribution in [2.75, 3.05) is 39.4 Å². The second kappa shape index (κ2) is 7.78. The van der Waals surface area contributed by atoms with Gasteiger partial charge in [0, 0.05) is 48.0 Å². The number of nitrogens with zero attached hydrogens (tertiary/aromatic N) is 2. The first-order valence-corrected chi connectivity index (χ1v) is 9.90. The molecular weight excluding hydrogens is 348 g/mol. The first-order chi connectivity index (χ1) is 12.7. The zero-order valence-electron chi connectivity index (χ0n) is 15.0. The fourth-order valence-corrected chi connectivity index (χ4v) is 4.29. The number of carbonyl (C=O) groups excluding carboxylic acids is 1. The molecule has 2 aliphatic rings. The van der Waals surface area contributed by atoms with Crippen LogP contribution in [0.15, 0.2) is 36.4 Å². The summed E-state index contributed by atoms with van der Waals surface area (Å²) in [7, 11) is 0. The van der Waals surface area contributed by atoms with Crippen LogP contribution in [-0.4, -0.2) is 61.2 Å². The van der Waals surface area contributed by atoms with Gasteiger partial charge in [-0.2, -0.15) is 0 Å². The lowest BCUT2D eigenvalue weighted by Gasteiger charge is -2.38. The van der Waals surface area contributed by atoms with Gasteiger partial charge in [-0.3, -0.25) is 9.69 Å². The molecule has 1 amide bonds. The van der Waals surface area contributed by atoms with E-state index in [0.29, 0.717) is 31.9 Å². The number of ether oxygens (including phenoxy) is 2. The first kappa shape index (κ1) is 17.5. The van der Waals surface area contributed by atoms with Crippen LogP contribution in [0.5, 0.6) is 5.75 Å². The minimum Gasteiger partial charge on any atom is -0.488 e. The van der Waals surface area contributed by atoms with Gasteiger partial charge in [-0.25, -0.2) is 0 Å². The van der Waals surface area contributed by atoms with E-state index in [1.54, 1.807) is 0 Å². The van der Waals surface area contributed by atoms with E-state index in [-0.39, 0.29) is 12.0 Å². The highest BCUT2D eigenvalue weighted by Crippen LogP contribution is 2.24. The minimum atomic E-state index is 0.0575. The summed E-state index contributed by atoms with van der Waals surface area (Å²) in [5.41, 5.74) is 0.689. The molecule has 3 heterocycles. The number of aryl methyl sites for hydroxylation is 1. The van der Waals surface area contributed by atoms with Crippen LogP contribution >= 0.6 is 11.3 Å². The summed E-state index contributed by atoms with van der Waals surface area (Å²) >= 11 is 1.86. The second-order valence-electron chi connectivity index (χ2n) is 6.88. The van der Waals surface area contributed by atoms with Crippen molar-refractivity contribution in [1.82, 2.24) is 9.80 Å². The lowest BCUT2D eigenvalue weighted by molar-refractivity contribution is 0.0150. The number of amides is 1. The van der Waals surface area contributed by atoms with Crippen molar-refractivity contribution in [2.45, 2.75) is 19.6 Å². The fraction of sp³-hybridized carbons (Fsp3) is 0.450. The van der Waals surface area contributed by atoms with Gasteiger partial charge < -0.3 is 14.4 Å². The minimum absolute atomic E-state index is 0.0575. The lowest BCUT2D eigenvalue weighted by Crippen LogP contribution is -2.52. The molecule has 0 N–H and O–H groups in total. The van der Waals surface area contributed by atoms with Crippen LogP contribution in [0.4, 0.5) is 0 Å². The summed E-state index contributed by atoms with van der Waals surface area (Å²) in [6, 6.07) is 11.9. The van der Waals surface area contributed by atoms with Gasteiger partial charge in [0.25, 0.3) is 5.91 Å². The summed E-state index contributed by atoms with van der Waals surface area (Å²) in [5.74, 6) is 0.836. The Bertz CT molecular complexity index is 764. The van der Waals surface area contributed by atoms with Gasteiger partial charge in [0.1, 0.15) is 11.9 Å². The Balaban J connectivity index is 1.30. The number of morpholine rings is 1. The Morgan fingerprint density at radius 1 is 1.23 bits per heavy atom. The molecule has 2 aromatic rings. The summed E-state index contributed by atoms with van der Waals surface area (Å²) in [5, 5.41) is 0. The highest BCUT2D eigenvalue weighted by molar-refractivity contribution is 7.11. The number of benzene rings is 1. The molecule has 0 bridgehead atoms. The van der Waals surface area contributed by atoms with Crippen molar-refractivity contribution in [3.05, 3.63) is 51.7 Å². The zero-order chi connectivity index (χ0) is 17.9. The van der Waals surface area contributed by atoms with E-state index in [0.717, 1.165) is 25.4 Å². The fourth-order valence-electron chi connectivity index (χ4n) is 3.36. The van der Waals surface area contributed by atoms with Gasteiger partial charge >= 0.3 is 0 Å². The average molecular weight is 372 g/mol. The molecule has 4 rings (SSSR count). The second-order valence-corrected chi connectivity index (χ2v) is 8.25. The number of carbonyl (C=O) groups is 1. The molecule has 5 nitrogen and oxygen atoms in total. The first-order valence-electron chi connectivity index (χ1n) is 9.09. The molecule has 0 saturated carbocycles. The maximum absolute atomic E-state index is 12.6. The molecule has 138 valence electrons. The Labute approximate surface area is 158 Å². The van der Waals surface area contributed by atoms with Crippen LogP contribution in [0, 0.1) is 6.92 Å². The van der Waals surface area contributed by atoms with Crippen molar-refractivity contribution in [3.63, 3.8) is 0 Å². The van der Waals surface area contributed by atoms with E-state index in [1.807, 2.05) is 40.5 Å². The van der Waals surface area contributed by atoms with Crippen LogP contribution in [0.2, 0.25) is 0 Å². The van der Waals surface area contributed by atoms with E-state index in [9.17, 15) is 4.79 Å². The average Bonchev–Trinajstić information content (AvgIpc) is 3.05. The number of hydrogen-bond acceptors (Lipinski definition) is 5. The Morgan fingerprint density at radius 2 is 2.04 bits per heavy atom. The van der Waals surface area contributed by atoms with E-state index >= 15 is 0 Å². The Hall–Kier alpha value is -1.89. The van der Waals surface area contributed by atoms with Gasteiger partial charge in [0.05, 0.1) is 13.2 Å². The molecule has 0 spiro atoms. The van der Waals surface area contributed by atoms with Crippen LogP contribution in [0.25, 0.3) is 0 Å². The molecule has 6 heteroatoms. The molecule has 1 aromatic heterocycles. The third-order valence-electron chi connectivity index (χ3n) is 4.78. The molecule has 2 aliphatic heterocycles. The van der Waals surface area contributed by atoms with E-state index in [1.165, 1.54) is 9.75 Å². The predicted molar refractivity (Wildman–Crippen MR) is 102 cm³/mol. The van der Waals surface area contributed by atoms with Gasteiger partial charge in [-0.05, 0) is 37.3 Å². The smallest absolute Gasteiger partial charge is 0.254 e. The SMILES string of the molecule is Cc1ccc(CN2CC(Oc3cccc(C(=O)N4CCOCC4)c3)C2)s1. The third-order valence-corrected chi connectivity index (χ3v) is 5.77. The number of thiophene rings is 1. The van der Waals surface area contributed by atoms with E-state index < -0.39 is 0 Å². The summed E-state index contributed by atoms with van der Waals surface area (Å²) in [4.78, 5) is 19.6. The normalized spacial score (nSPS) is 18.6. The van der Waals surface area contributed by atoms with Gasteiger partial charge in [-0.15, -0.1) is 11.3 Å². The van der Waals surface area contributed by atoms with Gasteiger partial charge in [0.2, 0.25) is 0 Å². The number of likely N-dealkylation sites (tertiary alicyclic amines) is 1. The van der Waals surface area contributed by atoms with Crippen molar-refractivity contribution in [1.29, 1.82) is 0 Å². The molecule has 0 radical (unpaired) electrons. The maximum Gasteiger partial charge on any atom is 0.254 e. The van der Waals surface area contributed by atoms with Crippen LogP contribution in [-0.2, 0) is 11.3 Å². The van der Waals surface area contributed by atoms with Crippen molar-refractivity contribution in [2.24, 2.45) is 0 Å². The predicted octanol–water partition coefficient (Wildman–Crippen LogP) is 2.79. The molecule has 0 unspecified atom stereocenters. The van der Waals surface area contributed by atoms with E-state index in [4.69, 9.17) is 9.47 Å². The molecule has 26 heavy (non-hydrogen) atoms. The number of rotatable bonds is 5. The highest BCUT2D eigenvalue weighted by Gasteiger charge is 2.29. The largest absolute Gasteiger partial charge is 0.488 e. The van der Waals surface area contributed by atoms with Crippen LogP contribution < -0.4 is 4.74 Å². The molecule has 2 saturated heterocycles. The molecule has 1 aromatic carbocycles. The summed E-state index contributed by atoms with van der Waals surface area (Å²) < 4.78 is 11.4. The standard InChI is InChI=1S/C20H24N2O3S/c1-15-5-6-19(26-15)14-21-12-18(13-21)25-17-4-2-3-16(11-17)20(23)22-7-9-24-10-8-22/h2-6,11,18H,7-10,12-14H2,1H3. The van der Waals surface area contributed by atoms with Crippen LogP contribution in [0.1, 0.15) is 20.1 Å². The molecular formula is C20H24N2O3S. The number of hydrogen-bond donors (Lipinski definition) is 0. The molecule has 0 aliphatic carbocycles. The highest BCUT2D eigenvalue weighted by atomic mass is 32.1. The molecule has 0 atom stereocenters. The van der Waals surface area contributed by atoms with Gasteiger partial charge in [0.15, 0.2) is 0 Å². The van der Waals surface area contributed by atoms with Crippen LogP contribution in [0.3, 0.4) is 0 Å². The monoisotopic (exact) mass is 372 g/mol. The topological polar surface area (TPSA) is 42.0 Å². The maximum atomic E-state index is 12.6. The summed E-state index contributed by atoms with van der Waals surface area (Å²) in [6.07, 6.45) is 0.199. The third kappa shape index (κ3) is 4.09. The van der Waals surface area contributed by atoms with Gasteiger partial charge in [-0.1, -0.05) is 6.07 Å². The quantitative estimate of drug-likeness (QED) is 0.809. The summed E-state index contributed by atoms with van der Waals surface area (Å²) in [6.45, 7) is 7.53. The van der Waals surface area contributed by atoms with Crippen molar-refractivity contribution < 1.29 is 14.3 Å². The zero-order valence-corrected chi connectivity index (χ0v) is 15.8. The Kier molecular flexibility index (Phi) is 5.24. The van der Waals surface area contributed by atoms with E-state index in [2.05, 4.69) is 24.0 Å². The lowest BCUT2D eigenvalue weighted by atomic mass is 10.1. The van der Waals surface area contributed by atoms with Crippen molar-refractivity contribution >= 4 is 17.2 Å². The Morgan fingerprint density at radius 3 is 2.77 bits per heavy atom. The van der Waals surface area contributed by atoms with Crippen molar-refractivity contribution in [3.8, 4) is 5.75 Å². The molecule has 2 fully saturated rings.